The second-order valence-electron chi connectivity index (χ2n) is 7.12. The van der Waals surface area contributed by atoms with Crippen LogP contribution in [0.4, 0.5) is 11.4 Å². The maximum atomic E-state index is 12.6. The number of morpholine rings is 1. The van der Waals surface area contributed by atoms with Crippen LogP contribution in [-0.2, 0) is 16.0 Å². The molecule has 2 aromatic carbocycles. The molecule has 1 N–H and O–H groups in total. The van der Waals surface area contributed by atoms with E-state index in [1.165, 1.54) is 16.1 Å². The molecule has 2 aliphatic rings. The molecule has 0 radical (unpaired) electrons. The first-order chi connectivity index (χ1) is 12.6. The molecule has 4 nitrogen and oxygen atoms in total. The van der Waals surface area contributed by atoms with Crippen molar-refractivity contribution >= 4 is 29.0 Å². The van der Waals surface area contributed by atoms with Crippen LogP contribution in [0.25, 0.3) is 0 Å². The predicted octanol–water partition coefficient (Wildman–Crippen LogP) is 3.96. The monoisotopic (exact) mass is 368 g/mol. The maximum Gasteiger partial charge on any atom is 0.238 e. The van der Waals surface area contributed by atoms with Crippen LogP contribution in [-0.4, -0.2) is 36.5 Å². The van der Waals surface area contributed by atoms with Gasteiger partial charge in [-0.05, 0) is 56.2 Å². The fraction of sp³-hybridized carbons (Fsp3) is 0.381. The average molecular weight is 369 g/mol. The molecule has 26 heavy (non-hydrogen) atoms. The number of hydrogen-bond acceptors (Lipinski definition) is 4. The number of hydrogen-bond donors (Lipinski definition) is 1. The van der Waals surface area contributed by atoms with Gasteiger partial charge in [-0.25, -0.2) is 0 Å². The first-order valence-corrected chi connectivity index (χ1v) is 10.0. The number of nitrogens with zero attached hydrogens (tertiary/aromatic N) is 1. The molecule has 0 bridgehead atoms. The molecule has 1 fully saturated rings. The van der Waals surface area contributed by atoms with Gasteiger partial charge in [0.15, 0.2) is 0 Å². The van der Waals surface area contributed by atoms with E-state index in [-0.39, 0.29) is 23.4 Å². The molecular weight excluding hydrogens is 344 g/mol. The lowest BCUT2D eigenvalue weighted by Gasteiger charge is -2.36. The molecule has 3 unspecified atom stereocenters. The quantitative estimate of drug-likeness (QED) is 0.891. The highest BCUT2D eigenvalue weighted by Gasteiger charge is 2.28. The van der Waals surface area contributed by atoms with Crippen molar-refractivity contribution in [3.05, 3.63) is 54.1 Å². The van der Waals surface area contributed by atoms with Crippen molar-refractivity contribution in [2.45, 2.75) is 42.6 Å². The Morgan fingerprint density at radius 3 is 2.46 bits per heavy atom. The Kier molecular flexibility index (Phi) is 4.92. The molecule has 136 valence electrons. The molecule has 0 aliphatic carbocycles. The van der Waals surface area contributed by atoms with Crippen LogP contribution >= 0.6 is 11.8 Å². The van der Waals surface area contributed by atoms with E-state index in [1.54, 1.807) is 11.8 Å². The van der Waals surface area contributed by atoms with Crippen LogP contribution in [0.3, 0.4) is 0 Å². The number of carbonyl (C=O) groups is 1. The van der Waals surface area contributed by atoms with Crippen molar-refractivity contribution in [1.82, 2.24) is 0 Å². The van der Waals surface area contributed by atoms with E-state index in [2.05, 4.69) is 48.3 Å². The topological polar surface area (TPSA) is 41.6 Å². The molecule has 5 heteroatoms. The van der Waals surface area contributed by atoms with Gasteiger partial charge in [0.2, 0.25) is 5.91 Å². The first-order valence-electron chi connectivity index (χ1n) is 9.14. The van der Waals surface area contributed by atoms with Crippen LogP contribution in [0.5, 0.6) is 0 Å². The smallest absolute Gasteiger partial charge is 0.238 e. The third-order valence-electron chi connectivity index (χ3n) is 4.86. The van der Waals surface area contributed by atoms with E-state index in [1.807, 2.05) is 24.3 Å². The summed E-state index contributed by atoms with van der Waals surface area (Å²) in [5, 5.41) is 3.02. The van der Waals surface area contributed by atoms with E-state index in [0.717, 1.165) is 25.2 Å². The van der Waals surface area contributed by atoms with Crippen molar-refractivity contribution < 1.29 is 9.53 Å². The van der Waals surface area contributed by atoms with Gasteiger partial charge in [-0.2, -0.15) is 0 Å². The van der Waals surface area contributed by atoms with E-state index >= 15 is 0 Å². The van der Waals surface area contributed by atoms with Gasteiger partial charge in [-0.1, -0.05) is 18.2 Å². The van der Waals surface area contributed by atoms with Gasteiger partial charge < -0.3 is 15.0 Å². The lowest BCUT2D eigenvalue weighted by Crippen LogP contribution is -2.45. The minimum Gasteiger partial charge on any atom is -0.372 e. The number of benzene rings is 2. The maximum absolute atomic E-state index is 12.6. The lowest BCUT2D eigenvalue weighted by molar-refractivity contribution is -0.115. The normalized spacial score (nSPS) is 25.0. The van der Waals surface area contributed by atoms with E-state index in [4.69, 9.17) is 4.74 Å². The molecule has 2 aliphatic heterocycles. The zero-order valence-corrected chi connectivity index (χ0v) is 16.0. The van der Waals surface area contributed by atoms with Crippen molar-refractivity contribution in [2.24, 2.45) is 0 Å². The first kappa shape index (κ1) is 17.4. The van der Waals surface area contributed by atoms with Crippen LogP contribution in [0.2, 0.25) is 0 Å². The summed E-state index contributed by atoms with van der Waals surface area (Å²) in [5.41, 5.74) is 3.29. The SMILES string of the molecule is CC1CN(c2ccc(NC(=O)C3Cc4ccccc4S3)cc2)CC(C)O1. The average Bonchev–Trinajstić information content (AvgIpc) is 3.06. The standard InChI is InChI=1S/C21H24N2O2S/c1-14-12-23(13-15(2)25-14)18-9-7-17(8-10-18)22-21(24)20-11-16-5-3-4-6-19(16)26-20/h3-10,14-15,20H,11-13H2,1-2H3,(H,22,24). The molecular formula is C21H24N2O2S. The summed E-state index contributed by atoms with van der Waals surface area (Å²) in [7, 11) is 0. The number of anilines is 2. The predicted molar refractivity (Wildman–Crippen MR) is 107 cm³/mol. The van der Waals surface area contributed by atoms with Gasteiger partial charge in [-0.3, -0.25) is 4.79 Å². The number of nitrogens with one attached hydrogen (secondary N) is 1. The zero-order valence-electron chi connectivity index (χ0n) is 15.1. The van der Waals surface area contributed by atoms with Crippen LogP contribution in [0.15, 0.2) is 53.4 Å². The summed E-state index contributed by atoms with van der Waals surface area (Å²) in [4.78, 5) is 16.2. The molecule has 0 spiro atoms. The fourth-order valence-corrected chi connectivity index (χ4v) is 4.89. The number of rotatable bonds is 3. The summed E-state index contributed by atoms with van der Waals surface area (Å²) in [6.07, 6.45) is 1.27. The van der Waals surface area contributed by atoms with Crippen LogP contribution in [0.1, 0.15) is 19.4 Å². The highest BCUT2D eigenvalue weighted by Crippen LogP contribution is 2.37. The molecule has 0 saturated carbocycles. The Balaban J connectivity index is 1.38. The van der Waals surface area contributed by atoms with Gasteiger partial charge >= 0.3 is 0 Å². The Hall–Kier alpha value is -1.98. The summed E-state index contributed by atoms with van der Waals surface area (Å²) in [6, 6.07) is 16.4. The molecule has 4 rings (SSSR count). The molecule has 0 aromatic heterocycles. The van der Waals surface area contributed by atoms with Gasteiger partial charge in [0.05, 0.1) is 17.5 Å². The Morgan fingerprint density at radius 2 is 1.77 bits per heavy atom. The Bertz CT molecular complexity index is 758. The van der Waals surface area contributed by atoms with Gasteiger partial charge in [0.1, 0.15) is 0 Å². The number of thioether (sulfide) groups is 1. The minimum absolute atomic E-state index is 0.0481. The number of amides is 1. The van der Waals surface area contributed by atoms with E-state index in [0.29, 0.717) is 0 Å². The summed E-state index contributed by atoms with van der Waals surface area (Å²) < 4.78 is 5.80. The Labute approximate surface area is 158 Å². The second-order valence-corrected chi connectivity index (χ2v) is 8.36. The Morgan fingerprint density at radius 1 is 1.08 bits per heavy atom. The lowest BCUT2D eigenvalue weighted by atomic mass is 10.1. The number of ether oxygens (including phenoxy) is 1. The van der Waals surface area contributed by atoms with Gasteiger partial charge in [-0.15, -0.1) is 11.8 Å². The molecule has 3 atom stereocenters. The van der Waals surface area contributed by atoms with E-state index < -0.39 is 0 Å². The van der Waals surface area contributed by atoms with Crippen molar-refractivity contribution in [1.29, 1.82) is 0 Å². The highest BCUT2D eigenvalue weighted by atomic mass is 32.2. The van der Waals surface area contributed by atoms with E-state index in [9.17, 15) is 4.79 Å². The minimum atomic E-state index is -0.0481. The molecule has 1 saturated heterocycles. The van der Waals surface area contributed by atoms with Crippen LogP contribution in [0, 0.1) is 0 Å². The molecule has 1 amide bonds. The van der Waals surface area contributed by atoms with Gasteiger partial charge in [0, 0.05) is 29.4 Å². The third-order valence-corrected chi connectivity index (χ3v) is 6.18. The summed E-state index contributed by atoms with van der Waals surface area (Å²) in [6.45, 7) is 6.00. The van der Waals surface area contributed by atoms with Gasteiger partial charge in [0.25, 0.3) is 0 Å². The number of fused-ring (bicyclic) bond motifs is 1. The summed E-state index contributed by atoms with van der Waals surface area (Å²) >= 11 is 1.66. The second kappa shape index (κ2) is 7.33. The van der Waals surface area contributed by atoms with Crippen molar-refractivity contribution in [3.63, 3.8) is 0 Å². The molecule has 2 heterocycles. The molecule has 2 aromatic rings. The fourth-order valence-electron chi connectivity index (χ4n) is 3.70. The summed E-state index contributed by atoms with van der Waals surface area (Å²) in [5.74, 6) is 0.0765. The van der Waals surface area contributed by atoms with Crippen LogP contribution < -0.4 is 10.2 Å². The highest BCUT2D eigenvalue weighted by molar-refractivity contribution is 8.01. The van der Waals surface area contributed by atoms with Crippen molar-refractivity contribution in [2.75, 3.05) is 23.3 Å². The van der Waals surface area contributed by atoms with Crippen molar-refractivity contribution in [3.8, 4) is 0 Å². The zero-order chi connectivity index (χ0) is 18.1. The largest absolute Gasteiger partial charge is 0.372 e. The third kappa shape index (κ3) is 3.74. The number of carbonyl (C=O) groups excluding carboxylic acids is 1.